The number of esters is 2. The van der Waals surface area contributed by atoms with E-state index in [2.05, 4.69) is 6.58 Å². The van der Waals surface area contributed by atoms with Crippen LogP contribution >= 0.6 is 0 Å². The van der Waals surface area contributed by atoms with E-state index in [4.69, 9.17) is 18.9 Å². The lowest BCUT2D eigenvalue weighted by Crippen LogP contribution is -2.77. The maximum Gasteiger partial charge on any atom is 0.331 e. The van der Waals surface area contributed by atoms with Gasteiger partial charge in [-0.25, -0.2) is 9.59 Å². The lowest BCUT2D eigenvalue weighted by Gasteiger charge is -2.69. The summed E-state index contributed by atoms with van der Waals surface area (Å²) >= 11 is 0. The van der Waals surface area contributed by atoms with Crippen LogP contribution in [0.4, 0.5) is 0 Å². The van der Waals surface area contributed by atoms with Gasteiger partial charge in [0.05, 0.1) is 24.9 Å². The van der Waals surface area contributed by atoms with Gasteiger partial charge in [0, 0.05) is 35.3 Å². The maximum atomic E-state index is 12.9. The van der Waals surface area contributed by atoms with Gasteiger partial charge in [0.2, 0.25) is 0 Å². The van der Waals surface area contributed by atoms with E-state index in [0.717, 1.165) is 17.6 Å². The molecule has 3 heterocycles. The number of aliphatic hydroxyl groups excluding tert-OH is 1. The van der Waals surface area contributed by atoms with Gasteiger partial charge in [-0.1, -0.05) is 42.9 Å². The van der Waals surface area contributed by atoms with Crippen molar-refractivity contribution in [2.75, 3.05) is 13.2 Å². The van der Waals surface area contributed by atoms with Crippen LogP contribution in [0.5, 0.6) is 0 Å². The second kappa shape index (κ2) is 9.49. The van der Waals surface area contributed by atoms with E-state index in [0.29, 0.717) is 32.3 Å². The van der Waals surface area contributed by atoms with Crippen LogP contribution in [-0.4, -0.2) is 71.5 Å². The van der Waals surface area contributed by atoms with Crippen LogP contribution in [0, 0.1) is 16.7 Å². The number of allylic oxidation sites excluding steroid dienone is 2. The average Bonchev–Trinajstić information content (AvgIpc) is 2.98. The highest BCUT2D eigenvalue weighted by atomic mass is 16.6. The third kappa shape index (κ3) is 4.04. The number of ether oxygens (including phenoxy) is 4. The molecule has 202 valence electrons. The lowest BCUT2D eigenvalue weighted by molar-refractivity contribution is -0.349. The zero-order chi connectivity index (χ0) is 26.6. The third-order valence-electron chi connectivity index (χ3n) is 9.73. The molecule has 6 aliphatic rings. The van der Waals surface area contributed by atoms with Gasteiger partial charge in [-0.2, -0.15) is 0 Å². The van der Waals surface area contributed by atoms with Gasteiger partial charge in [0.15, 0.2) is 0 Å². The van der Waals surface area contributed by atoms with Crippen molar-refractivity contribution in [1.29, 1.82) is 0 Å². The van der Waals surface area contributed by atoms with E-state index in [9.17, 15) is 19.8 Å². The third-order valence-corrected chi connectivity index (χ3v) is 9.73. The van der Waals surface area contributed by atoms with Gasteiger partial charge in [-0.15, -0.1) is 0 Å². The van der Waals surface area contributed by atoms with Crippen molar-refractivity contribution < 1.29 is 38.7 Å². The van der Waals surface area contributed by atoms with E-state index < -0.39 is 52.8 Å². The van der Waals surface area contributed by atoms with Gasteiger partial charge >= 0.3 is 11.9 Å². The van der Waals surface area contributed by atoms with Crippen LogP contribution in [0.1, 0.15) is 52.9 Å². The molecule has 2 N–H and O–H groups in total. The van der Waals surface area contributed by atoms with Crippen LogP contribution in [0.2, 0.25) is 0 Å². The molecule has 1 spiro atoms. The highest BCUT2D eigenvalue weighted by Gasteiger charge is 2.82. The lowest BCUT2D eigenvalue weighted by atomic mass is 9.41. The van der Waals surface area contributed by atoms with Gasteiger partial charge in [0.25, 0.3) is 0 Å². The Labute approximate surface area is 218 Å². The standard InChI is InChI=1S/C29H38O8/c1-17-10-12-34-21(19(3)30)7-5-6-8-24(31)36-22-14-23-29(33)15-20-18(2)9-11-28(26(20)37-23,27(22,29)4)16-35-25(32)13-17/h5-8,13,19-23,26,30,33H,2,9-12,14-16H2,1,3-4H3/b7-5+,8-6-,17-13+/t19-,20?,21-,22-,23-,26-,27-,28-,29?/m1/s1. The first kappa shape index (κ1) is 26.4. The minimum absolute atomic E-state index is 0.0320. The molecule has 3 saturated carbocycles. The Morgan fingerprint density at radius 1 is 1.16 bits per heavy atom. The van der Waals surface area contributed by atoms with Crippen molar-refractivity contribution in [3.8, 4) is 0 Å². The largest absolute Gasteiger partial charge is 0.462 e. The van der Waals surface area contributed by atoms with E-state index in [1.807, 2.05) is 13.8 Å². The first-order valence-electron chi connectivity index (χ1n) is 13.3. The predicted molar refractivity (Wildman–Crippen MR) is 134 cm³/mol. The number of carbonyl (C=O) groups is 2. The average molecular weight is 515 g/mol. The highest BCUT2D eigenvalue weighted by molar-refractivity contribution is 5.83. The number of hydrogen-bond acceptors (Lipinski definition) is 8. The summed E-state index contributed by atoms with van der Waals surface area (Å²) in [6.45, 7) is 10.1. The number of cyclic esters (lactones) is 1. The number of hydrogen-bond donors (Lipinski definition) is 2. The van der Waals surface area contributed by atoms with Gasteiger partial charge in [-0.3, -0.25) is 0 Å². The normalized spacial score (nSPS) is 48.1. The molecule has 6 bridgehead atoms. The molecule has 0 radical (unpaired) electrons. The van der Waals surface area contributed by atoms with Crippen molar-refractivity contribution in [2.24, 2.45) is 16.7 Å². The van der Waals surface area contributed by atoms with Crippen molar-refractivity contribution in [3.05, 3.63) is 48.1 Å². The first-order chi connectivity index (χ1) is 17.5. The summed E-state index contributed by atoms with van der Waals surface area (Å²) in [5, 5.41) is 22.2. The summed E-state index contributed by atoms with van der Waals surface area (Å²) in [4.78, 5) is 25.8. The molecule has 5 fully saturated rings. The van der Waals surface area contributed by atoms with Crippen molar-refractivity contribution in [3.63, 3.8) is 0 Å². The smallest absolute Gasteiger partial charge is 0.331 e. The zero-order valence-corrected chi connectivity index (χ0v) is 21.9. The Morgan fingerprint density at radius 2 is 1.95 bits per heavy atom. The van der Waals surface area contributed by atoms with Crippen LogP contribution in [-0.2, 0) is 28.5 Å². The summed E-state index contributed by atoms with van der Waals surface area (Å²) in [6, 6.07) is 0. The molecule has 0 aromatic carbocycles. The second-order valence-corrected chi connectivity index (χ2v) is 11.6. The monoisotopic (exact) mass is 514 g/mol. The Hall–Kier alpha value is -2.26. The van der Waals surface area contributed by atoms with E-state index >= 15 is 0 Å². The van der Waals surface area contributed by atoms with Crippen LogP contribution in [0.25, 0.3) is 0 Å². The van der Waals surface area contributed by atoms with Crippen LogP contribution in [0.15, 0.2) is 48.1 Å². The maximum absolute atomic E-state index is 12.9. The van der Waals surface area contributed by atoms with E-state index in [1.165, 1.54) is 12.2 Å². The number of carbonyl (C=O) groups excluding carboxylic acids is 2. The summed E-state index contributed by atoms with van der Waals surface area (Å²) in [6.07, 6.45) is 7.75. The molecule has 37 heavy (non-hydrogen) atoms. The zero-order valence-electron chi connectivity index (χ0n) is 21.9. The second-order valence-electron chi connectivity index (χ2n) is 11.6. The molecule has 8 nitrogen and oxygen atoms in total. The Morgan fingerprint density at radius 3 is 2.70 bits per heavy atom. The molecule has 0 amide bonds. The fraction of sp³-hybridized carbons (Fsp3) is 0.655. The predicted octanol–water partition coefficient (Wildman–Crippen LogP) is 2.93. The van der Waals surface area contributed by atoms with Crippen LogP contribution < -0.4 is 0 Å². The molecule has 8 heteroatoms. The topological polar surface area (TPSA) is 112 Å². The van der Waals surface area contributed by atoms with Crippen molar-refractivity contribution in [2.45, 2.75) is 89.0 Å². The summed E-state index contributed by atoms with van der Waals surface area (Å²) in [5.74, 6) is -1.03. The van der Waals surface area contributed by atoms with Gasteiger partial charge in [-0.05, 0) is 39.5 Å². The summed E-state index contributed by atoms with van der Waals surface area (Å²) < 4.78 is 24.1. The molecule has 2 unspecified atom stereocenters. The van der Waals surface area contributed by atoms with Crippen molar-refractivity contribution >= 4 is 11.9 Å². The number of aliphatic hydroxyl groups is 2. The molecule has 0 aromatic rings. The van der Waals surface area contributed by atoms with Crippen molar-refractivity contribution in [1.82, 2.24) is 0 Å². The number of rotatable bonds is 1. The van der Waals surface area contributed by atoms with E-state index in [-0.39, 0.29) is 18.6 Å². The summed E-state index contributed by atoms with van der Waals surface area (Å²) in [5.41, 5.74) is -0.961. The molecule has 6 rings (SSSR count). The van der Waals surface area contributed by atoms with Crippen LogP contribution in [0.3, 0.4) is 0 Å². The molecule has 3 aliphatic heterocycles. The molecule has 9 atom stereocenters. The Bertz CT molecular complexity index is 1060. The SMILES string of the molecule is C=C1CC[C@@]23COC(=O)/C=C(\C)CCO[C@@H]([C@@H](C)O)/C=C/C=C\C(=O)O[C@@H]4C[C@H]5O[C@@H]2C1CC5(O)[C@]43C. The quantitative estimate of drug-likeness (QED) is 0.406. The Balaban J connectivity index is 1.51. The Kier molecular flexibility index (Phi) is 6.76. The van der Waals surface area contributed by atoms with Gasteiger partial charge in [0.1, 0.15) is 24.4 Å². The molecule has 0 aromatic heterocycles. The highest BCUT2D eigenvalue weighted by Crippen LogP contribution is 2.74. The summed E-state index contributed by atoms with van der Waals surface area (Å²) in [7, 11) is 0. The van der Waals surface area contributed by atoms with E-state index in [1.54, 1.807) is 25.2 Å². The minimum atomic E-state index is -1.23. The molecule has 3 aliphatic carbocycles. The molecule has 2 saturated heterocycles. The fourth-order valence-electron chi connectivity index (χ4n) is 7.54. The first-order valence-corrected chi connectivity index (χ1v) is 13.3. The molecular formula is C29H38O8. The fourth-order valence-corrected chi connectivity index (χ4v) is 7.54. The minimum Gasteiger partial charge on any atom is -0.462 e. The van der Waals surface area contributed by atoms with Gasteiger partial charge < -0.3 is 29.2 Å². The molecular weight excluding hydrogens is 476 g/mol.